The van der Waals surface area contributed by atoms with Gasteiger partial charge >= 0.3 is 0 Å². The predicted molar refractivity (Wildman–Crippen MR) is 82.5 cm³/mol. The highest BCUT2D eigenvalue weighted by molar-refractivity contribution is 6.00. The second-order valence-electron chi connectivity index (χ2n) is 5.81. The van der Waals surface area contributed by atoms with E-state index in [-0.39, 0.29) is 37.0 Å². The Morgan fingerprint density at radius 3 is 3.00 bits per heavy atom. The number of anilines is 1. The Bertz CT molecular complexity index is 618. The number of carbonyl (C=O) groups excluding carboxylic acids is 2. The molecule has 7 nitrogen and oxygen atoms in total. The molecular formula is C16H20N2O5. The van der Waals surface area contributed by atoms with Gasteiger partial charge in [-0.25, -0.2) is 0 Å². The van der Waals surface area contributed by atoms with E-state index >= 15 is 0 Å². The molecule has 2 aliphatic rings. The van der Waals surface area contributed by atoms with Crippen molar-refractivity contribution in [2.45, 2.75) is 19.4 Å². The molecule has 1 fully saturated rings. The van der Waals surface area contributed by atoms with Crippen molar-refractivity contribution in [2.24, 2.45) is 5.92 Å². The van der Waals surface area contributed by atoms with Crippen LogP contribution < -0.4 is 19.7 Å². The molecule has 1 N–H and O–H groups in total. The molecular weight excluding hydrogens is 300 g/mol. The maximum atomic E-state index is 12.3. The third-order valence-electron chi connectivity index (χ3n) is 3.97. The molecule has 0 aliphatic carbocycles. The largest absolute Gasteiger partial charge is 0.454 e. The van der Waals surface area contributed by atoms with Crippen molar-refractivity contribution in [3.8, 4) is 11.5 Å². The number of hydrogen-bond acceptors (Lipinski definition) is 5. The molecule has 23 heavy (non-hydrogen) atoms. The maximum absolute atomic E-state index is 12.3. The van der Waals surface area contributed by atoms with E-state index in [2.05, 4.69) is 5.32 Å². The summed E-state index contributed by atoms with van der Waals surface area (Å²) in [5.74, 6) is 0.752. The van der Waals surface area contributed by atoms with Gasteiger partial charge in [0, 0.05) is 37.9 Å². The van der Waals surface area contributed by atoms with Gasteiger partial charge in [-0.3, -0.25) is 9.59 Å². The van der Waals surface area contributed by atoms with Crippen LogP contribution in [0.15, 0.2) is 18.2 Å². The van der Waals surface area contributed by atoms with Crippen LogP contribution in [0.4, 0.5) is 5.69 Å². The van der Waals surface area contributed by atoms with E-state index in [1.165, 1.54) is 0 Å². The first kappa shape index (κ1) is 15.6. The van der Waals surface area contributed by atoms with E-state index in [1.54, 1.807) is 30.2 Å². The highest BCUT2D eigenvalue weighted by Crippen LogP contribution is 2.37. The first-order valence-electron chi connectivity index (χ1n) is 7.58. The van der Waals surface area contributed by atoms with Crippen molar-refractivity contribution < 1.29 is 23.8 Å². The molecule has 1 aromatic rings. The average Bonchev–Trinajstić information content (AvgIpc) is 3.12. The Labute approximate surface area is 134 Å². The minimum atomic E-state index is -0.354. The zero-order valence-electron chi connectivity index (χ0n) is 13.2. The van der Waals surface area contributed by atoms with Gasteiger partial charge in [-0.1, -0.05) is 0 Å². The Morgan fingerprint density at radius 2 is 2.22 bits per heavy atom. The second kappa shape index (κ2) is 6.45. The summed E-state index contributed by atoms with van der Waals surface area (Å²) in [6, 6.07) is 5.27. The molecule has 2 atom stereocenters. The molecule has 0 saturated carbocycles. The third-order valence-corrected chi connectivity index (χ3v) is 3.97. The van der Waals surface area contributed by atoms with E-state index in [9.17, 15) is 9.59 Å². The fraction of sp³-hybridized carbons (Fsp3) is 0.500. The SMILES string of the molecule is COC[C@@H](C)NC(=O)[C@H]1CC(=O)N(c2ccc3c(c2)OCO3)C1. The molecule has 0 bridgehead atoms. The van der Waals surface area contributed by atoms with Crippen molar-refractivity contribution in [2.75, 3.05) is 32.0 Å². The molecule has 2 amide bonds. The second-order valence-corrected chi connectivity index (χ2v) is 5.81. The number of hydrogen-bond donors (Lipinski definition) is 1. The highest BCUT2D eigenvalue weighted by atomic mass is 16.7. The van der Waals surface area contributed by atoms with Gasteiger partial charge in [-0.2, -0.15) is 0 Å². The average molecular weight is 320 g/mol. The number of nitrogens with zero attached hydrogens (tertiary/aromatic N) is 1. The van der Waals surface area contributed by atoms with Gasteiger partial charge in [0.2, 0.25) is 18.6 Å². The van der Waals surface area contributed by atoms with E-state index < -0.39 is 0 Å². The summed E-state index contributed by atoms with van der Waals surface area (Å²) in [5, 5.41) is 2.87. The molecule has 0 unspecified atom stereocenters. The number of carbonyl (C=O) groups is 2. The number of methoxy groups -OCH3 is 1. The van der Waals surface area contributed by atoms with E-state index in [1.807, 2.05) is 6.92 Å². The minimum absolute atomic E-state index is 0.0663. The molecule has 0 spiro atoms. The summed E-state index contributed by atoms with van der Waals surface area (Å²) in [5.41, 5.74) is 0.722. The standard InChI is InChI=1S/C16H20N2O5/c1-10(8-21-2)17-16(20)11-5-15(19)18(7-11)12-3-4-13-14(6-12)23-9-22-13/h3-4,6,10-11H,5,7-9H2,1-2H3,(H,17,20)/t10-,11+/m1/s1. The maximum Gasteiger partial charge on any atom is 0.231 e. The summed E-state index contributed by atoms with van der Waals surface area (Å²) in [4.78, 5) is 26.1. The molecule has 0 aromatic heterocycles. The fourth-order valence-corrected chi connectivity index (χ4v) is 2.84. The smallest absolute Gasteiger partial charge is 0.231 e. The van der Waals surface area contributed by atoms with Gasteiger partial charge in [-0.05, 0) is 19.1 Å². The lowest BCUT2D eigenvalue weighted by Gasteiger charge is -2.18. The van der Waals surface area contributed by atoms with E-state index in [0.717, 1.165) is 5.69 Å². The van der Waals surface area contributed by atoms with Crippen LogP contribution >= 0.6 is 0 Å². The fourth-order valence-electron chi connectivity index (χ4n) is 2.84. The number of nitrogens with one attached hydrogen (secondary N) is 1. The lowest BCUT2D eigenvalue weighted by molar-refractivity contribution is -0.127. The highest BCUT2D eigenvalue weighted by Gasteiger charge is 2.36. The number of benzene rings is 1. The van der Waals surface area contributed by atoms with Crippen molar-refractivity contribution >= 4 is 17.5 Å². The summed E-state index contributed by atoms with van der Waals surface area (Å²) in [6.45, 7) is 2.87. The van der Waals surface area contributed by atoms with Gasteiger partial charge in [0.05, 0.1) is 12.5 Å². The number of amides is 2. The third kappa shape index (κ3) is 3.24. The zero-order valence-corrected chi connectivity index (χ0v) is 13.2. The summed E-state index contributed by atoms with van der Waals surface area (Å²) >= 11 is 0. The molecule has 2 heterocycles. The molecule has 3 rings (SSSR count). The lowest BCUT2D eigenvalue weighted by Crippen LogP contribution is -2.40. The predicted octanol–water partition coefficient (Wildman–Crippen LogP) is 0.919. The van der Waals surface area contributed by atoms with Crippen LogP contribution in [0.1, 0.15) is 13.3 Å². The topological polar surface area (TPSA) is 77.1 Å². The van der Waals surface area contributed by atoms with Gasteiger partial charge < -0.3 is 24.4 Å². The molecule has 1 aromatic carbocycles. The minimum Gasteiger partial charge on any atom is -0.454 e. The van der Waals surface area contributed by atoms with Crippen LogP contribution in [0, 0.1) is 5.92 Å². The lowest BCUT2D eigenvalue weighted by atomic mass is 10.1. The Morgan fingerprint density at radius 1 is 1.43 bits per heavy atom. The Kier molecular flexibility index (Phi) is 4.38. The van der Waals surface area contributed by atoms with Crippen LogP contribution in [0.5, 0.6) is 11.5 Å². The van der Waals surface area contributed by atoms with Crippen LogP contribution in [0.3, 0.4) is 0 Å². The zero-order chi connectivity index (χ0) is 16.4. The number of rotatable bonds is 5. The van der Waals surface area contributed by atoms with Crippen molar-refractivity contribution in [3.63, 3.8) is 0 Å². The van der Waals surface area contributed by atoms with Crippen LogP contribution in [0.2, 0.25) is 0 Å². The molecule has 124 valence electrons. The molecule has 0 radical (unpaired) electrons. The quantitative estimate of drug-likeness (QED) is 0.873. The van der Waals surface area contributed by atoms with Crippen molar-refractivity contribution in [1.29, 1.82) is 0 Å². The number of ether oxygens (including phenoxy) is 3. The normalized spacial score (nSPS) is 20.7. The van der Waals surface area contributed by atoms with Gasteiger partial charge in [0.25, 0.3) is 0 Å². The molecule has 1 saturated heterocycles. The van der Waals surface area contributed by atoms with Crippen LogP contribution in [-0.2, 0) is 14.3 Å². The summed E-state index contributed by atoms with van der Waals surface area (Å²) < 4.78 is 15.6. The van der Waals surface area contributed by atoms with Gasteiger partial charge in [-0.15, -0.1) is 0 Å². The van der Waals surface area contributed by atoms with Crippen molar-refractivity contribution in [1.82, 2.24) is 5.32 Å². The van der Waals surface area contributed by atoms with Crippen molar-refractivity contribution in [3.05, 3.63) is 18.2 Å². The first-order chi connectivity index (χ1) is 11.1. The molecule has 7 heteroatoms. The summed E-state index contributed by atoms with van der Waals surface area (Å²) in [7, 11) is 1.59. The Hall–Kier alpha value is -2.28. The first-order valence-corrected chi connectivity index (χ1v) is 7.58. The van der Waals surface area contributed by atoms with Crippen LogP contribution in [0.25, 0.3) is 0 Å². The van der Waals surface area contributed by atoms with Crippen LogP contribution in [-0.4, -0.2) is 44.9 Å². The monoisotopic (exact) mass is 320 g/mol. The Balaban J connectivity index is 1.66. The van der Waals surface area contributed by atoms with Gasteiger partial charge in [0.15, 0.2) is 11.5 Å². The number of fused-ring (bicyclic) bond motifs is 1. The summed E-state index contributed by atoms with van der Waals surface area (Å²) in [6.07, 6.45) is 0.208. The van der Waals surface area contributed by atoms with E-state index in [4.69, 9.17) is 14.2 Å². The van der Waals surface area contributed by atoms with E-state index in [0.29, 0.717) is 24.7 Å². The van der Waals surface area contributed by atoms with Gasteiger partial charge in [0.1, 0.15) is 0 Å². The molecule has 2 aliphatic heterocycles.